The lowest BCUT2D eigenvalue weighted by Crippen LogP contribution is -2.43. The summed E-state index contributed by atoms with van der Waals surface area (Å²) < 4.78 is 46.1. The van der Waals surface area contributed by atoms with Crippen LogP contribution in [0.3, 0.4) is 0 Å². The Balaban J connectivity index is 1.73. The van der Waals surface area contributed by atoms with Crippen molar-refractivity contribution in [3.63, 3.8) is 0 Å². The second-order valence-electron chi connectivity index (χ2n) is 6.32. The third kappa shape index (κ3) is 5.03. The van der Waals surface area contributed by atoms with Gasteiger partial charge in [-0.3, -0.25) is 9.69 Å². The molecule has 1 amide bonds. The second-order valence-corrected chi connectivity index (χ2v) is 6.32. The van der Waals surface area contributed by atoms with Crippen LogP contribution in [-0.2, 0) is 16.1 Å². The summed E-state index contributed by atoms with van der Waals surface area (Å²) in [5.41, 5.74) is 1.22. The summed E-state index contributed by atoms with van der Waals surface area (Å²) in [6, 6.07) is 13.2. The van der Waals surface area contributed by atoms with Gasteiger partial charge < -0.3 is 9.47 Å². The minimum absolute atomic E-state index is 0.0649. The van der Waals surface area contributed by atoms with Gasteiger partial charge in [-0.15, -0.1) is 13.2 Å². The zero-order chi connectivity index (χ0) is 20.1. The summed E-state index contributed by atoms with van der Waals surface area (Å²) in [4.78, 5) is 26.3. The number of likely N-dealkylation sites (tertiary alicyclic amines) is 1. The fourth-order valence-corrected chi connectivity index (χ4v) is 3.08. The molecule has 2 aromatic carbocycles. The van der Waals surface area contributed by atoms with E-state index in [-0.39, 0.29) is 18.8 Å². The Labute approximate surface area is 159 Å². The Hall–Kier alpha value is -3.03. The molecule has 28 heavy (non-hydrogen) atoms. The number of benzene rings is 2. The summed E-state index contributed by atoms with van der Waals surface area (Å²) in [5, 5.41) is 0. The van der Waals surface area contributed by atoms with Gasteiger partial charge in [-0.25, -0.2) is 4.79 Å². The number of alkyl halides is 3. The number of carbonyl (C=O) groups excluding carboxylic acids is 2. The monoisotopic (exact) mass is 393 g/mol. The third-order valence-corrected chi connectivity index (χ3v) is 4.31. The summed E-state index contributed by atoms with van der Waals surface area (Å²) >= 11 is 0. The first-order valence-electron chi connectivity index (χ1n) is 8.69. The molecule has 1 aliphatic heterocycles. The van der Waals surface area contributed by atoms with Crippen LogP contribution in [0.15, 0.2) is 54.6 Å². The third-order valence-electron chi connectivity index (χ3n) is 4.31. The first-order valence-corrected chi connectivity index (χ1v) is 8.69. The molecule has 2 aromatic rings. The van der Waals surface area contributed by atoms with Crippen molar-refractivity contribution < 1.29 is 32.2 Å². The van der Waals surface area contributed by atoms with E-state index in [1.165, 1.54) is 17.0 Å². The van der Waals surface area contributed by atoms with E-state index >= 15 is 0 Å². The molecule has 8 heteroatoms. The predicted octanol–water partition coefficient (Wildman–Crippen LogP) is 4.63. The van der Waals surface area contributed by atoms with Crippen LogP contribution in [0.4, 0.5) is 18.0 Å². The molecule has 1 atom stereocenters. The summed E-state index contributed by atoms with van der Waals surface area (Å²) in [6.07, 6.45) is -4.65. The van der Waals surface area contributed by atoms with Crippen LogP contribution in [0.1, 0.15) is 30.0 Å². The standard InChI is InChI=1S/C20H18F3NO4/c21-20(22,23)28-16-10-8-15(9-11-16)18-17(25)7-4-12-24(18)19(26)27-13-14-5-2-1-3-6-14/h1-3,5-6,8-11,18H,4,7,12-13H2. The highest BCUT2D eigenvalue weighted by Gasteiger charge is 2.36. The Kier molecular flexibility index (Phi) is 5.87. The van der Waals surface area contributed by atoms with Gasteiger partial charge in [0.15, 0.2) is 5.78 Å². The number of nitrogens with zero attached hydrogens (tertiary/aromatic N) is 1. The Morgan fingerprint density at radius 2 is 1.75 bits per heavy atom. The lowest BCUT2D eigenvalue weighted by atomic mass is 9.94. The fourth-order valence-electron chi connectivity index (χ4n) is 3.08. The lowest BCUT2D eigenvalue weighted by molar-refractivity contribution is -0.274. The number of piperidine rings is 1. The first kappa shape index (κ1) is 19.7. The highest BCUT2D eigenvalue weighted by atomic mass is 19.4. The minimum Gasteiger partial charge on any atom is -0.445 e. The molecule has 1 aliphatic rings. The Morgan fingerprint density at radius 1 is 1.07 bits per heavy atom. The van der Waals surface area contributed by atoms with E-state index in [1.807, 2.05) is 30.3 Å². The number of ether oxygens (including phenoxy) is 2. The van der Waals surface area contributed by atoms with Gasteiger partial charge in [0.25, 0.3) is 0 Å². The molecule has 1 heterocycles. The molecule has 0 saturated carbocycles. The molecule has 0 radical (unpaired) electrons. The van der Waals surface area contributed by atoms with Crippen LogP contribution in [0.2, 0.25) is 0 Å². The average Bonchev–Trinajstić information content (AvgIpc) is 2.66. The molecule has 0 bridgehead atoms. The number of ketones is 1. The molecular formula is C20H18F3NO4. The number of halogens is 3. The van der Waals surface area contributed by atoms with Crippen molar-refractivity contribution in [2.45, 2.75) is 31.9 Å². The molecular weight excluding hydrogens is 375 g/mol. The van der Waals surface area contributed by atoms with Gasteiger partial charge in [0.2, 0.25) is 0 Å². The fraction of sp³-hybridized carbons (Fsp3) is 0.300. The summed E-state index contributed by atoms with van der Waals surface area (Å²) in [7, 11) is 0. The number of Topliss-reactive ketones (excluding diaryl/α,β-unsaturated/α-hetero) is 1. The Bertz CT molecular complexity index is 822. The number of rotatable bonds is 4. The lowest BCUT2D eigenvalue weighted by Gasteiger charge is -2.34. The van der Waals surface area contributed by atoms with E-state index < -0.39 is 24.2 Å². The molecule has 1 saturated heterocycles. The minimum atomic E-state index is -4.80. The normalized spacial score (nSPS) is 17.3. The van der Waals surface area contributed by atoms with Gasteiger partial charge in [0.1, 0.15) is 18.4 Å². The zero-order valence-electron chi connectivity index (χ0n) is 14.8. The molecule has 148 valence electrons. The summed E-state index contributed by atoms with van der Waals surface area (Å²) in [6.45, 7) is 0.389. The van der Waals surface area contributed by atoms with E-state index in [2.05, 4.69) is 4.74 Å². The van der Waals surface area contributed by atoms with Gasteiger partial charge in [0.05, 0.1) is 0 Å². The maximum Gasteiger partial charge on any atom is 0.573 e. The number of hydrogen-bond donors (Lipinski definition) is 0. The van der Waals surface area contributed by atoms with E-state index in [1.54, 1.807) is 0 Å². The first-order chi connectivity index (χ1) is 13.3. The molecule has 5 nitrogen and oxygen atoms in total. The highest BCUT2D eigenvalue weighted by Crippen LogP contribution is 2.31. The molecule has 1 unspecified atom stereocenters. The molecule has 1 fully saturated rings. The van der Waals surface area contributed by atoms with Crippen molar-refractivity contribution in [1.82, 2.24) is 4.90 Å². The average molecular weight is 393 g/mol. The van der Waals surface area contributed by atoms with Crippen LogP contribution >= 0.6 is 0 Å². The maximum atomic E-state index is 12.5. The van der Waals surface area contributed by atoms with Gasteiger partial charge in [-0.1, -0.05) is 42.5 Å². The molecule has 0 aromatic heterocycles. The van der Waals surface area contributed by atoms with Crippen molar-refractivity contribution in [2.75, 3.05) is 6.54 Å². The number of amides is 1. The molecule has 0 spiro atoms. The quantitative estimate of drug-likeness (QED) is 0.760. The Morgan fingerprint density at radius 3 is 2.39 bits per heavy atom. The van der Waals surface area contributed by atoms with E-state index in [9.17, 15) is 22.8 Å². The topological polar surface area (TPSA) is 55.8 Å². The van der Waals surface area contributed by atoms with Crippen molar-refractivity contribution in [2.24, 2.45) is 0 Å². The predicted molar refractivity (Wildman–Crippen MR) is 93.4 cm³/mol. The van der Waals surface area contributed by atoms with Crippen LogP contribution in [0.5, 0.6) is 5.75 Å². The molecule has 3 rings (SSSR count). The van der Waals surface area contributed by atoms with Gasteiger partial charge in [0, 0.05) is 13.0 Å². The molecule has 0 aliphatic carbocycles. The zero-order valence-corrected chi connectivity index (χ0v) is 14.8. The molecule has 0 N–H and O–H groups in total. The summed E-state index contributed by atoms with van der Waals surface area (Å²) in [5.74, 6) is -0.579. The van der Waals surface area contributed by atoms with Gasteiger partial charge in [-0.2, -0.15) is 0 Å². The van der Waals surface area contributed by atoms with Gasteiger partial charge in [-0.05, 0) is 29.7 Å². The van der Waals surface area contributed by atoms with Gasteiger partial charge >= 0.3 is 12.5 Å². The second kappa shape index (κ2) is 8.33. The van der Waals surface area contributed by atoms with Crippen molar-refractivity contribution in [3.8, 4) is 5.75 Å². The maximum absolute atomic E-state index is 12.5. The largest absolute Gasteiger partial charge is 0.573 e. The van der Waals surface area contributed by atoms with Crippen LogP contribution in [-0.4, -0.2) is 29.7 Å². The van der Waals surface area contributed by atoms with E-state index in [4.69, 9.17) is 4.74 Å². The van der Waals surface area contributed by atoms with Crippen molar-refractivity contribution in [3.05, 3.63) is 65.7 Å². The van der Waals surface area contributed by atoms with E-state index in [0.29, 0.717) is 18.5 Å². The van der Waals surface area contributed by atoms with Crippen molar-refractivity contribution >= 4 is 11.9 Å². The highest BCUT2D eigenvalue weighted by molar-refractivity contribution is 5.89. The van der Waals surface area contributed by atoms with E-state index in [0.717, 1.165) is 17.7 Å². The number of hydrogen-bond acceptors (Lipinski definition) is 4. The van der Waals surface area contributed by atoms with Crippen LogP contribution in [0.25, 0.3) is 0 Å². The number of carbonyl (C=O) groups is 2. The van der Waals surface area contributed by atoms with Crippen molar-refractivity contribution in [1.29, 1.82) is 0 Å². The van der Waals surface area contributed by atoms with Crippen LogP contribution in [0, 0.1) is 0 Å². The van der Waals surface area contributed by atoms with Crippen LogP contribution < -0.4 is 4.74 Å². The smallest absolute Gasteiger partial charge is 0.445 e. The SMILES string of the molecule is O=C1CCCN(C(=O)OCc2ccccc2)C1c1ccc(OC(F)(F)F)cc1.